The third-order valence-electron chi connectivity index (χ3n) is 2.52. The van der Waals surface area contributed by atoms with Crippen LogP contribution in [0.1, 0.15) is 53.4 Å². The van der Waals surface area contributed by atoms with Crippen molar-refractivity contribution in [1.29, 1.82) is 0 Å². The average molecular weight is 228 g/mol. The van der Waals surface area contributed by atoms with Crippen molar-refractivity contribution in [3.63, 3.8) is 0 Å². The molecule has 16 heavy (non-hydrogen) atoms. The molecule has 96 valence electrons. The Labute approximate surface area is 101 Å². The zero-order valence-corrected chi connectivity index (χ0v) is 11.5. The highest BCUT2D eigenvalue weighted by molar-refractivity contribution is 5.74. The van der Waals surface area contributed by atoms with Crippen molar-refractivity contribution in [2.75, 3.05) is 26.2 Å². The number of hydrogen-bond acceptors (Lipinski definition) is 1. The predicted octanol–water partition coefficient (Wildman–Crippen LogP) is 3.35. The summed E-state index contributed by atoms with van der Waals surface area (Å²) < 4.78 is 0. The molecular weight excluding hydrogens is 200 g/mol. The van der Waals surface area contributed by atoms with Gasteiger partial charge in [0.05, 0.1) is 0 Å². The molecule has 0 heterocycles. The van der Waals surface area contributed by atoms with Crippen molar-refractivity contribution in [3.8, 4) is 0 Å². The molecule has 0 aromatic heterocycles. The summed E-state index contributed by atoms with van der Waals surface area (Å²) in [5, 5.41) is 0. The molecule has 0 N–H and O–H groups in total. The van der Waals surface area contributed by atoms with Crippen LogP contribution in [0.25, 0.3) is 0 Å². The maximum atomic E-state index is 12.3. The van der Waals surface area contributed by atoms with Gasteiger partial charge in [0.2, 0.25) is 0 Å². The van der Waals surface area contributed by atoms with E-state index in [0.29, 0.717) is 0 Å². The van der Waals surface area contributed by atoms with Crippen molar-refractivity contribution in [1.82, 2.24) is 9.80 Å². The first kappa shape index (κ1) is 15.3. The van der Waals surface area contributed by atoms with Crippen LogP contribution in [0.4, 0.5) is 4.79 Å². The molecule has 0 aromatic carbocycles. The van der Waals surface area contributed by atoms with Gasteiger partial charge >= 0.3 is 6.03 Å². The highest BCUT2D eigenvalue weighted by Crippen LogP contribution is 2.04. The number of carbonyl (C=O) groups is 1. The molecule has 3 nitrogen and oxygen atoms in total. The van der Waals surface area contributed by atoms with Gasteiger partial charge < -0.3 is 9.80 Å². The van der Waals surface area contributed by atoms with Crippen LogP contribution in [0.15, 0.2) is 0 Å². The third kappa shape index (κ3) is 5.38. The summed E-state index contributed by atoms with van der Waals surface area (Å²) in [6.07, 6.45) is 4.16. The van der Waals surface area contributed by atoms with Crippen LogP contribution in [0.3, 0.4) is 0 Å². The summed E-state index contributed by atoms with van der Waals surface area (Å²) in [6, 6.07) is 0.229. The van der Waals surface area contributed by atoms with E-state index in [1.165, 1.54) is 0 Å². The Morgan fingerprint density at radius 3 is 1.12 bits per heavy atom. The van der Waals surface area contributed by atoms with Crippen LogP contribution < -0.4 is 0 Å². The normalized spacial score (nSPS) is 10.2. The standard InChI is InChI=1S/C13H28N2O/c1-5-9-14(10-6-2)13(16)15(11-7-3)12-8-4/h5-12H2,1-4H3. The Morgan fingerprint density at radius 2 is 0.938 bits per heavy atom. The van der Waals surface area contributed by atoms with Gasteiger partial charge in [-0.3, -0.25) is 0 Å². The quantitative estimate of drug-likeness (QED) is 0.625. The summed E-state index contributed by atoms with van der Waals surface area (Å²) in [6.45, 7) is 12.0. The Bertz CT molecular complexity index is 153. The molecule has 0 fully saturated rings. The molecule has 0 saturated carbocycles. The van der Waals surface area contributed by atoms with E-state index in [1.54, 1.807) is 0 Å². The van der Waals surface area contributed by atoms with Crippen molar-refractivity contribution >= 4 is 6.03 Å². The Morgan fingerprint density at radius 1 is 0.688 bits per heavy atom. The van der Waals surface area contributed by atoms with Crippen molar-refractivity contribution < 1.29 is 4.79 Å². The first-order valence-corrected chi connectivity index (χ1v) is 6.74. The maximum absolute atomic E-state index is 12.3. The van der Waals surface area contributed by atoms with E-state index in [-0.39, 0.29) is 6.03 Å². The minimum absolute atomic E-state index is 0.229. The molecule has 0 atom stereocenters. The van der Waals surface area contributed by atoms with E-state index >= 15 is 0 Å². The van der Waals surface area contributed by atoms with Gasteiger partial charge in [-0.15, -0.1) is 0 Å². The second kappa shape index (κ2) is 9.49. The Hall–Kier alpha value is -0.730. The van der Waals surface area contributed by atoms with E-state index < -0.39 is 0 Å². The molecule has 0 unspecified atom stereocenters. The molecule has 0 aromatic rings. The fraction of sp³-hybridized carbons (Fsp3) is 0.923. The number of hydrogen-bond donors (Lipinski definition) is 0. The van der Waals surface area contributed by atoms with Gasteiger partial charge in [0, 0.05) is 26.2 Å². The average Bonchev–Trinajstić information content (AvgIpc) is 2.27. The SMILES string of the molecule is CCCN(CCC)C(=O)N(CCC)CCC. The van der Waals surface area contributed by atoms with E-state index in [2.05, 4.69) is 27.7 Å². The lowest BCUT2D eigenvalue weighted by Gasteiger charge is -2.30. The molecular formula is C13H28N2O. The maximum Gasteiger partial charge on any atom is 0.319 e. The molecule has 0 rings (SSSR count). The Balaban J connectivity index is 4.38. The van der Waals surface area contributed by atoms with Gasteiger partial charge in [0.25, 0.3) is 0 Å². The molecule has 0 spiro atoms. The van der Waals surface area contributed by atoms with E-state index in [9.17, 15) is 4.79 Å². The van der Waals surface area contributed by atoms with Crippen LogP contribution in [0, 0.1) is 0 Å². The molecule has 3 heteroatoms. The van der Waals surface area contributed by atoms with Gasteiger partial charge in [0.15, 0.2) is 0 Å². The monoisotopic (exact) mass is 228 g/mol. The minimum atomic E-state index is 0.229. The summed E-state index contributed by atoms with van der Waals surface area (Å²) in [5.74, 6) is 0. The smallest absolute Gasteiger partial charge is 0.319 e. The summed E-state index contributed by atoms with van der Waals surface area (Å²) in [4.78, 5) is 16.2. The first-order valence-electron chi connectivity index (χ1n) is 6.74. The van der Waals surface area contributed by atoms with Crippen molar-refractivity contribution in [2.45, 2.75) is 53.4 Å². The van der Waals surface area contributed by atoms with Gasteiger partial charge in [-0.05, 0) is 25.7 Å². The minimum Gasteiger partial charge on any atom is -0.325 e. The predicted molar refractivity (Wildman–Crippen MR) is 69.7 cm³/mol. The lowest BCUT2D eigenvalue weighted by Crippen LogP contribution is -2.44. The molecule has 0 bridgehead atoms. The highest BCUT2D eigenvalue weighted by atomic mass is 16.2. The number of rotatable bonds is 8. The van der Waals surface area contributed by atoms with Crippen LogP contribution in [0.5, 0.6) is 0 Å². The second-order valence-electron chi connectivity index (χ2n) is 4.26. The number of urea groups is 1. The van der Waals surface area contributed by atoms with Crippen LogP contribution in [0.2, 0.25) is 0 Å². The second-order valence-corrected chi connectivity index (χ2v) is 4.26. The van der Waals surface area contributed by atoms with Gasteiger partial charge in [0.1, 0.15) is 0 Å². The molecule has 0 radical (unpaired) electrons. The van der Waals surface area contributed by atoms with Crippen molar-refractivity contribution in [3.05, 3.63) is 0 Å². The Kier molecular flexibility index (Phi) is 9.06. The lowest BCUT2D eigenvalue weighted by atomic mass is 10.3. The summed E-state index contributed by atoms with van der Waals surface area (Å²) in [7, 11) is 0. The van der Waals surface area contributed by atoms with Crippen molar-refractivity contribution in [2.24, 2.45) is 0 Å². The number of carbonyl (C=O) groups excluding carboxylic acids is 1. The van der Waals surface area contributed by atoms with E-state index in [4.69, 9.17) is 0 Å². The number of amides is 2. The van der Waals surface area contributed by atoms with E-state index in [0.717, 1.165) is 51.9 Å². The highest BCUT2D eigenvalue weighted by Gasteiger charge is 2.17. The zero-order valence-electron chi connectivity index (χ0n) is 11.5. The van der Waals surface area contributed by atoms with E-state index in [1.807, 2.05) is 9.80 Å². The van der Waals surface area contributed by atoms with Crippen LogP contribution in [-0.4, -0.2) is 42.0 Å². The van der Waals surface area contributed by atoms with Crippen LogP contribution >= 0.6 is 0 Å². The van der Waals surface area contributed by atoms with Gasteiger partial charge in [-0.1, -0.05) is 27.7 Å². The first-order chi connectivity index (χ1) is 7.71. The molecule has 0 aliphatic rings. The summed E-state index contributed by atoms with van der Waals surface area (Å²) in [5.41, 5.74) is 0. The lowest BCUT2D eigenvalue weighted by molar-refractivity contribution is 0.152. The fourth-order valence-corrected chi connectivity index (χ4v) is 1.89. The zero-order chi connectivity index (χ0) is 12.4. The largest absolute Gasteiger partial charge is 0.325 e. The fourth-order valence-electron chi connectivity index (χ4n) is 1.89. The third-order valence-corrected chi connectivity index (χ3v) is 2.52. The molecule has 0 aliphatic carbocycles. The van der Waals surface area contributed by atoms with Gasteiger partial charge in [-0.2, -0.15) is 0 Å². The molecule has 2 amide bonds. The summed E-state index contributed by atoms with van der Waals surface area (Å²) >= 11 is 0. The topological polar surface area (TPSA) is 23.6 Å². The number of nitrogens with zero attached hydrogens (tertiary/aromatic N) is 2. The molecule has 0 saturated heterocycles. The van der Waals surface area contributed by atoms with Gasteiger partial charge in [-0.25, -0.2) is 4.79 Å². The molecule has 0 aliphatic heterocycles. The van der Waals surface area contributed by atoms with Crippen LogP contribution in [-0.2, 0) is 0 Å².